The van der Waals surface area contributed by atoms with E-state index in [1.807, 2.05) is 0 Å². The molecule has 0 radical (unpaired) electrons. The quantitative estimate of drug-likeness (QED) is 0.626. The van der Waals surface area contributed by atoms with Crippen LogP contribution in [-0.4, -0.2) is 39.3 Å². The predicted molar refractivity (Wildman–Crippen MR) is 60.9 cm³/mol. The molecule has 0 heterocycles. The molecule has 5 heteroatoms. The molecule has 3 atom stereocenters. The zero-order chi connectivity index (χ0) is 11.3. The molecule has 3 unspecified atom stereocenters. The monoisotopic (exact) mass is 233 g/mol. The number of thioether (sulfide) groups is 1. The first-order valence-corrected chi connectivity index (χ1v) is 6.44. The zero-order valence-corrected chi connectivity index (χ0v) is 9.58. The number of aliphatic carboxylic acids is 1. The molecule has 1 aliphatic rings. The van der Waals surface area contributed by atoms with E-state index in [9.17, 15) is 9.90 Å². The van der Waals surface area contributed by atoms with Crippen LogP contribution in [0.25, 0.3) is 0 Å². The Labute approximate surface area is 94.2 Å². The van der Waals surface area contributed by atoms with Crippen molar-refractivity contribution in [3.8, 4) is 0 Å². The van der Waals surface area contributed by atoms with Gasteiger partial charge in [-0.3, -0.25) is 4.79 Å². The van der Waals surface area contributed by atoms with Crippen LogP contribution in [0.2, 0.25) is 0 Å². The summed E-state index contributed by atoms with van der Waals surface area (Å²) in [6, 6.07) is -0.814. The molecule has 1 fully saturated rings. The lowest BCUT2D eigenvalue weighted by Gasteiger charge is -2.20. The fourth-order valence-electron chi connectivity index (χ4n) is 1.75. The molecular weight excluding hydrogens is 214 g/mol. The molecule has 0 saturated heterocycles. The first-order valence-electron chi connectivity index (χ1n) is 5.39. The van der Waals surface area contributed by atoms with E-state index >= 15 is 0 Å². The molecule has 1 saturated carbocycles. The molecular formula is C10H19NO3S. The second-order valence-electron chi connectivity index (χ2n) is 4.02. The minimum absolute atomic E-state index is 0.165. The Morgan fingerprint density at radius 1 is 1.40 bits per heavy atom. The zero-order valence-electron chi connectivity index (χ0n) is 8.76. The van der Waals surface area contributed by atoms with Gasteiger partial charge >= 0.3 is 5.97 Å². The summed E-state index contributed by atoms with van der Waals surface area (Å²) in [5, 5.41) is 18.6. The molecule has 1 rings (SSSR count). The minimum Gasteiger partial charge on any atom is -0.480 e. The third-order valence-electron chi connectivity index (χ3n) is 2.72. The summed E-state index contributed by atoms with van der Waals surface area (Å²) < 4.78 is 0. The van der Waals surface area contributed by atoms with Crippen molar-refractivity contribution in [1.82, 2.24) is 0 Å². The van der Waals surface area contributed by atoms with Crippen molar-refractivity contribution in [3.63, 3.8) is 0 Å². The maximum Gasteiger partial charge on any atom is 0.321 e. The van der Waals surface area contributed by atoms with E-state index < -0.39 is 12.0 Å². The Hall–Kier alpha value is -0.260. The normalized spacial score (nSPS) is 29.5. The smallest absolute Gasteiger partial charge is 0.321 e. The van der Waals surface area contributed by atoms with Crippen molar-refractivity contribution < 1.29 is 15.0 Å². The molecule has 0 aromatic heterocycles. The Balaban J connectivity index is 2.32. The van der Waals surface area contributed by atoms with Crippen molar-refractivity contribution in [2.24, 2.45) is 5.73 Å². The number of nitrogens with two attached hydrogens (primary N) is 1. The standard InChI is InChI=1S/C10H19NO3S/c11-7(10(13)14)6-15-9-5-3-1-2-4-8(9)12/h7-9,12H,1-6,11H2,(H,13,14). The van der Waals surface area contributed by atoms with Crippen LogP contribution in [0.15, 0.2) is 0 Å². The average molecular weight is 233 g/mol. The second-order valence-corrected chi connectivity index (χ2v) is 5.29. The largest absolute Gasteiger partial charge is 0.480 e. The SMILES string of the molecule is NC(CSC1CCCCCC1O)C(=O)O. The summed E-state index contributed by atoms with van der Waals surface area (Å²) in [6.07, 6.45) is 4.87. The molecule has 4 N–H and O–H groups in total. The lowest BCUT2D eigenvalue weighted by Crippen LogP contribution is -2.34. The van der Waals surface area contributed by atoms with Gasteiger partial charge in [0.2, 0.25) is 0 Å². The summed E-state index contributed by atoms with van der Waals surface area (Å²) in [6.45, 7) is 0. The van der Waals surface area contributed by atoms with E-state index in [0.29, 0.717) is 5.75 Å². The fourth-order valence-corrected chi connectivity index (χ4v) is 3.04. The second kappa shape index (κ2) is 6.35. The Kier molecular flexibility index (Phi) is 5.42. The Bertz CT molecular complexity index is 213. The highest BCUT2D eigenvalue weighted by Crippen LogP contribution is 2.27. The number of carboxylic acids is 1. The van der Waals surface area contributed by atoms with Gasteiger partial charge in [-0.05, 0) is 12.8 Å². The van der Waals surface area contributed by atoms with E-state index in [2.05, 4.69) is 0 Å². The van der Waals surface area contributed by atoms with Gasteiger partial charge in [-0.1, -0.05) is 19.3 Å². The van der Waals surface area contributed by atoms with Crippen molar-refractivity contribution in [2.45, 2.75) is 49.5 Å². The van der Waals surface area contributed by atoms with E-state index in [1.165, 1.54) is 18.2 Å². The highest BCUT2D eigenvalue weighted by Gasteiger charge is 2.23. The maximum absolute atomic E-state index is 10.5. The third kappa shape index (κ3) is 4.40. The van der Waals surface area contributed by atoms with Gasteiger partial charge in [0.15, 0.2) is 0 Å². The summed E-state index contributed by atoms with van der Waals surface area (Å²) in [7, 11) is 0. The van der Waals surface area contributed by atoms with Crippen LogP contribution in [0, 0.1) is 0 Å². The van der Waals surface area contributed by atoms with Crippen LogP contribution in [0.4, 0.5) is 0 Å². The Morgan fingerprint density at radius 3 is 2.73 bits per heavy atom. The molecule has 0 amide bonds. The highest BCUT2D eigenvalue weighted by molar-refractivity contribution is 8.00. The van der Waals surface area contributed by atoms with E-state index in [4.69, 9.17) is 10.8 Å². The number of carbonyl (C=O) groups is 1. The number of rotatable bonds is 4. The number of hydrogen-bond acceptors (Lipinski definition) is 4. The summed E-state index contributed by atoms with van der Waals surface area (Å²) >= 11 is 1.50. The summed E-state index contributed by atoms with van der Waals surface area (Å²) in [5.41, 5.74) is 5.42. The van der Waals surface area contributed by atoms with Gasteiger partial charge < -0.3 is 15.9 Å². The molecule has 0 spiro atoms. The van der Waals surface area contributed by atoms with Gasteiger partial charge in [0, 0.05) is 11.0 Å². The molecule has 4 nitrogen and oxygen atoms in total. The van der Waals surface area contributed by atoms with Crippen LogP contribution in [0.3, 0.4) is 0 Å². The topological polar surface area (TPSA) is 83.5 Å². The van der Waals surface area contributed by atoms with Gasteiger partial charge in [-0.2, -0.15) is 11.8 Å². The lowest BCUT2D eigenvalue weighted by molar-refractivity contribution is -0.137. The van der Waals surface area contributed by atoms with Gasteiger partial charge in [0.05, 0.1) is 6.10 Å². The van der Waals surface area contributed by atoms with Crippen molar-refractivity contribution >= 4 is 17.7 Å². The minimum atomic E-state index is -0.967. The predicted octanol–water partition coefficient (Wildman–Crippen LogP) is 0.825. The van der Waals surface area contributed by atoms with Gasteiger partial charge in [0.25, 0.3) is 0 Å². The first-order chi connectivity index (χ1) is 7.11. The van der Waals surface area contributed by atoms with Gasteiger partial charge in [0.1, 0.15) is 6.04 Å². The average Bonchev–Trinajstić information content (AvgIpc) is 2.39. The van der Waals surface area contributed by atoms with Crippen LogP contribution in [-0.2, 0) is 4.79 Å². The van der Waals surface area contributed by atoms with Crippen molar-refractivity contribution in [3.05, 3.63) is 0 Å². The summed E-state index contributed by atoms with van der Waals surface area (Å²) in [5.74, 6) is -0.581. The Morgan fingerprint density at radius 2 is 2.07 bits per heavy atom. The molecule has 0 aliphatic heterocycles. The number of hydrogen-bond donors (Lipinski definition) is 3. The van der Waals surface area contributed by atoms with Crippen molar-refractivity contribution in [2.75, 3.05) is 5.75 Å². The number of carboxylic acid groups (broad SMARTS) is 1. The molecule has 0 aromatic rings. The van der Waals surface area contributed by atoms with Crippen LogP contribution in [0.1, 0.15) is 32.1 Å². The van der Waals surface area contributed by atoms with Gasteiger partial charge in [-0.15, -0.1) is 0 Å². The van der Waals surface area contributed by atoms with Gasteiger partial charge in [-0.25, -0.2) is 0 Å². The van der Waals surface area contributed by atoms with Crippen molar-refractivity contribution in [1.29, 1.82) is 0 Å². The third-order valence-corrected chi connectivity index (χ3v) is 4.25. The molecule has 1 aliphatic carbocycles. The number of aliphatic hydroxyl groups excluding tert-OH is 1. The highest BCUT2D eigenvalue weighted by atomic mass is 32.2. The van der Waals surface area contributed by atoms with Crippen LogP contribution >= 0.6 is 11.8 Å². The number of aliphatic hydroxyl groups is 1. The maximum atomic E-state index is 10.5. The molecule has 88 valence electrons. The van der Waals surface area contributed by atoms with E-state index in [0.717, 1.165) is 25.7 Å². The molecule has 0 aromatic carbocycles. The fraction of sp³-hybridized carbons (Fsp3) is 0.900. The van der Waals surface area contributed by atoms with Crippen LogP contribution in [0.5, 0.6) is 0 Å². The first kappa shape index (κ1) is 12.8. The molecule has 0 bridgehead atoms. The van der Waals surface area contributed by atoms with E-state index in [-0.39, 0.29) is 11.4 Å². The summed E-state index contributed by atoms with van der Waals surface area (Å²) in [4.78, 5) is 10.5. The molecule has 15 heavy (non-hydrogen) atoms. The van der Waals surface area contributed by atoms with Crippen LogP contribution < -0.4 is 5.73 Å². The van der Waals surface area contributed by atoms with E-state index in [1.54, 1.807) is 0 Å². The lowest BCUT2D eigenvalue weighted by atomic mass is 10.1.